The van der Waals surface area contributed by atoms with Gasteiger partial charge in [0.15, 0.2) is 11.5 Å². The van der Waals surface area contributed by atoms with Crippen molar-refractivity contribution in [1.29, 1.82) is 0 Å². The van der Waals surface area contributed by atoms with Gasteiger partial charge in [0, 0.05) is 11.3 Å². The van der Waals surface area contributed by atoms with Gasteiger partial charge < -0.3 is 9.47 Å². The third-order valence-electron chi connectivity index (χ3n) is 5.31. The highest BCUT2D eigenvalue weighted by molar-refractivity contribution is 7.18. The minimum Gasteiger partial charge on any atom is -0.493 e. The number of methoxy groups -OCH3 is 1. The van der Waals surface area contributed by atoms with Gasteiger partial charge in [-0.05, 0) is 41.8 Å². The molecule has 8 nitrogen and oxygen atoms in total. The van der Waals surface area contributed by atoms with Crippen molar-refractivity contribution in [2.24, 2.45) is 5.10 Å². The van der Waals surface area contributed by atoms with Crippen LogP contribution in [0.15, 0.2) is 70.8 Å². The van der Waals surface area contributed by atoms with Gasteiger partial charge in [-0.1, -0.05) is 37.3 Å². The van der Waals surface area contributed by atoms with Gasteiger partial charge in [-0.15, -0.1) is 11.3 Å². The fourth-order valence-corrected chi connectivity index (χ4v) is 4.40. The lowest BCUT2D eigenvalue weighted by Crippen LogP contribution is -2.29. The van der Waals surface area contributed by atoms with Crippen molar-refractivity contribution in [2.45, 2.75) is 26.3 Å². The molecule has 1 N–H and O–H groups in total. The average Bonchev–Trinajstić information content (AvgIpc) is 3.31. The summed E-state index contributed by atoms with van der Waals surface area (Å²) >= 11 is 1.49. The molecule has 0 aliphatic rings. The Morgan fingerprint density at radius 2 is 2.00 bits per heavy atom. The Morgan fingerprint density at radius 3 is 2.77 bits per heavy atom. The van der Waals surface area contributed by atoms with Crippen LogP contribution in [0, 0.1) is 0 Å². The highest BCUT2D eigenvalue weighted by Gasteiger charge is 2.11. The molecule has 180 valence electrons. The number of thiophene rings is 1. The monoisotopic (exact) mass is 490 g/mol. The van der Waals surface area contributed by atoms with E-state index in [1.54, 1.807) is 19.2 Å². The van der Waals surface area contributed by atoms with Gasteiger partial charge in [0.05, 0.1) is 31.6 Å². The zero-order chi connectivity index (χ0) is 24.6. The van der Waals surface area contributed by atoms with E-state index < -0.39 is 5.91 Å². The first-order valence-electron chi connectivity index (χ1n) is 11.2. The first-order chi connectivity index (χ1) is 17.1. The van der Waals surface area contributed by atoms with E-state index in [4.69, 9.17) is 9.47 Å². The molecule has 4 rings (SSSR count). The zero-order valence-electron chi connectivity index (χ0n) is 19.6. The number of aryl methyl sites for hydroxylation is 1. The SMILES string of the molecule is CCc1cc2c(=O)n(CC(=O)N/N=C\c3ccc(OCCc4ccccc4)c(OC)c3)cnc2s1. The molecule has 4 aromatic rings. The maximum Gasteiger partial charge on any atom is 0.262 e. The van der Waals surface area contributed by atoms with Gasteiger partial charge in [0.1, 0.15) is 11.4 Å². The molecule has 1 amide bonds. The predicted octanol–water partition coefficient (Wildman–Crippen LogP) is 3.80. The summed E-state index contributed by atoms with van der Waals surface area (Å²) in [5.74, 6) is 0.774. The van der Waals surface area contributed by atoms with Crippen LogP contribution in [0.4, 0.5) is 0 Å². The van der Waals surface area contributed by atoms with Crippen LogP contribution in [0.2, 0.25) is 0 Å². The van der Waals surface area contributed by atoms with E-state index in [1.165, 1.54) is 34.0 Å². The van der Waals surface area contributed by atoms with Gasteiger partial charge in [-0.3, -0.25) is 14.2 Å². The lowest BCUT2D eigenvalue weighted by atomic mass is 10.2. The van der Waals surface area contributed by atoms with E-state index in [1.807, 2.05) is 37.3 Å². The Kier molecular flexibility index (Phi) is 7.89. The molecule has 0 unspecified atom stereocenters. The number of nitrogens with one attached hydrogen (secondary N) is 1. The van der Waals surface area contributed by atoms with Crippen molar-refractivity contribution in [3.8, 4) is 11.5 Å². The highest BCUT2D eigenvalue weighted by atomic mass is 32.1. The second-order valence-corrected chi connectivity index (χ2v) is 8.87. The second kappa shape index (κ2) is 11.4. The van der Waals surface area contributed by atoms with Gasteiger partial charge in [0.25, 0.3) is 11.5 Å². The molecule has 0 radical (unpaired) electrons. The van der Waals surface area contributed by atoms with Crippen LogP contribution < -0.4 is 20.5 Å². The molecule has 2 heterocycles. The van der Waals surface area contributed by atoms with Crippen molar-refractivity contribution in [3.63, 3.8) is 0 Å². The number of nitrogens with zero attached hydrogens (tertiary/aromatic N) is 3. The number of hydrogen-bond donors (Lipinski definition) is 1. The molecule has 2 aromatic heterocycles. The summed E-state index contributed by atoms with van der Waals surface area (Å²) in [4.78, 5) is 31.0. The van der Waals surface area contributed by atoms with E-state index in [2.05, 4.69) is 27.6 Å². The minimum atomic E-state index is -0.428. The first kappa shape index (κ1) is 24.2. The second-order valence-electron chi connectivity index (χ2n) is 7.75. The van der Waals surface area contributed by atoms with Crippen LogP contribution in [-0.2, 0) is 24.2 Å². The van der Waals surface area contributed by atoms with Gasteiger partial charge >= 0.3 is 0 Å². The number of hydrazone groups is 1. The van der Waals surface area contributed by atoms with Gasteiger partial charge in [-0.2, -0.15) is 5.10 Å². The summed E-state index contributed by atoms with van der Waals surface area (Å²) in [5.41, 5.74) is 4.14. The molecule has 0 atom stereocenters. The molecule has 0 saturated carbocycles. The van der Waals surface area contributed by atoms with Crippen molar-refractivity contribution < 1.29 is 14.3 Å². The Labute approximate surface area is 206 Å². The molecular weight excluding hydrogens is 464 g/mol. The summed E-state index contributed by atoms with van der Waals surface area (Å²) in [6.45, 7) is 2.37. The Morgan fingerprint density at radius 1 is 1.17 bits per heavy atom. The molecule has 2 aromatic carbocycles. The van der Waals surface area contributed by atoms with Crippen molar-refractivity contribution in [1.82, 2.24) is 15.0 Å². The lowest BCUT2D eigenvalue weighted by molar-refractivity contribution is -0.121. The maximum atomic E-state index is 12.6. The lowest BCUT2D eigenvalue weighted by Gasteiger charge is -2.11. The molecule has 0 aliphatic carbocycles. The summed E-state index contributed by atoms with van der Waals surface area (Å²) in [7, 11) is 1.57. The molecule has 0 aliphatic heterocycles. The third-order valence-corrected chi connectivity index (χ3v) is 6.50. The highest BCUT2D eigenvalue weighted by Crippen LogP contribution is 2.27. The van der Waals surface area contributed by atoms with Crippen LogP contribution in [0.25, 0.3) is 10.2 Å². The average molecular weight is 491 g/mol. The molecular formula is C26H26N4O4S. The zero-order valence-corrected chi connectivity index (χ0v) is 20.4. The van der Waals surface area contributed by atoms with Gasteiger partial charge in [0.2, 0.25) is 0 Å². The van der Waals surface area contributed by atoms with Crippen molar-refractivity contribution >= 4 is 33.7 Å². The Balaban J connectivity index is 1.33. The van der Waals surface area contributed by atoms with Gasteiger partial charge in [-0.25, -0.2) is 10.4 Å². The molecule has 0 saturated heterocycles. The fourth-order valence-electron chi connectivity index (χ4n) is 3.47. The number of rotatable bonds is 10. The molecule has 9 heteroatoms. The van der Waals surface area contributed by atoms with E-state index in [0.29, 0.717) is 28.3 Å². The molecule has 0 bridgehead atoms. The number of hydrogen-bond acceptors (Lipinski definition) is 7. The fraction of sp³-hybridized carbons (Fsp3) is 0.231. The number of amides is 1. The van der Waals surface area contributed by atoms with Crippen LogP contribution in [-0.4, -0.2) is 35.4 Å². The quantitative estimate of drug-likeness (QED) is 0.270. The maximum absolute atomic E-state index is 12.6. The molecule has 35 heavy (non-hydrogen) atoms. The number of carbonyl (C=O) groups excluding carboxylic acids is 1. The number of carbonyl (C=O) groups is 1. The van der Waals surface area contributed by atoms with E-state index >= 15 is 0 Å². The molecule has 0 spiro atoms. The van der Waals surface area contributed by atoms with Crippen LogP contribution >= 0.6 is 11.3 Å². The van der Waals surface area contributed by atoms with Crippen molar-refractivity contribution in [3.05, 3.63) is 87.3 Å². The Bertz CT molecular complexity index is 1400. The van der Waals surface area contributed by atoms with E-state index in [0.717, 1.165) is 23.3 Å². The normalized spacial score (nSPS) is 11.1. The van der Waals surface area contributed by atoms with E-state index in [9.17, 15) is 9.59 Å². The first-order valence-corrected chi connectivity index (χ1v) is 12.0. The number of fused-ring (bicyclic) bond motifs is 1. The largest absolute Gasteiger partial charge is 0.493 e. The third kappa shape index (κ3) is 6.13. The smallest absolute Gasteiger partial charge is 0.262 e. The number of aromatic nitrogens is 2. The van der Waals surface area contributed by atoms with Crippen LogP contribution in [0.1, 0.15) is 22.9 Å². The van der Waals surface area contributed by atoms with Crippen LogP contribution in [0.5, 0.6) is 11.5 Å². The summed E-state index contributed by atoms with van der Waals surface area (Å²) in [6, 6.07) is 17.3. The molecule has 0 fully saturated rings. The number of ether oxygens (including phenoxy) is 2. The van der Waals surface area contributed by atoms with E-state index in [-0.39, 0.29) is 12.1 Å². The summed E-state index contributed by atoms with van der Waals surface area (Å²) < 4.78 is 12.6. The number of benzene rings is 2. The standard InChI is InChI=1S/C26H26N4O4S/c1-3-20-14-21-25(35-20)27-17-30(26(21)32)16-24(31)29-28-15-19-9-10-22(23(13-19)33-2)34-12-11-18-7-5-4-6-8-18/h4-10,13-15,17H,3,11-12,16H2,1-2H3,(H,29,31)/b28-15-. The van der Waals surface area contributed by atoms with Crippen LogP contribution in [0.3, 0.4) is 0 Å². The summed E-state index contributed by atoms with van der Waals surface area (Å²) in [5, 5.41) is 4.53. The Hall–Kier alpha value is -3.98. The predicted molar refractivity (Wildman–Crippen MR) is 138 cm³/mol. The minimum absolute atomic E-state index is 0.173. The topological polar surface area (TPSA) is 94.8 Å². The van der Waals surface area contributed by atoms with Crippen molar-refractivity contribution in [2.75, 3.05) is 13.7 Å². The summed E-state index contributed by atoms with van der Waals surface area (Å²) in [6.07, 6.45) is 4.52.